The summed E-state index contributed by atoms with van der Waals surface area (Å²) in [5, 5.41) is 0. The van der Waals surface area contributed by atoms with Crippen LogP contribution in [0.4, 0.5) is 5.69 Å². The molecule has 0 unspecified atom stereocenters. The van der Waals surface area contributed by atoms with E-state index in [9.17, 15) is 4.79 Å². The van der Waals surface area contributed by atoms with Gasteiger partial charge in [-0.15, -0.1) is 0 Å². The number of carbonyl (C=O) groups is 1. The Kier molecular flexibility index (Phi) is 4.16. The molecule has 1 rings (SSSR count). The van der Waals surface area contributed by atoms with Crippen LogP contribution in [0.15, 0.2) is 24.3 Å². The Morgan fingerprint density at radius 2 is 2.07 bits per heavy atom. The van der Waals surface area contributed by atoms with Crippen LogP contribution < -0.4 is 4.90 Å². The third-order valence-corrected chi connectivity index (χ3v) is 2.20. The summed E-state index contributed by atoms with van der Waals surface area (Å²) in [5.41, 5.74) is 2.22. The highest BCUT2D eigenvalue weighted by Crippen LogP contribution is 2.17. The molecular formula is C12H17NO2. The quantitative estimate of drug-likeness (QED) is 0.707. The highest BCUT2D eigenvalue weighted by atomic mass is 16.5. The Bertz CT molecular complexity index is 336. The van der Waals surface area contributed by atoms with Gasteiger partial charge in [0.25, 0.3) is 0 Å². The summed E-state index contributed by atoms with van der Waals surface area (Å²) in [6.45, 7) is 4.56. The van der Waals surface area contributed by atoms with E-state index in [1.54, 1.807) is 0 Å². The number of benzene rings is 1. The van der Waals surface area contributed by atoms with Crippen LogP contribution in [-0.4, -0.2) is 26.2 Å². The van der Waals surface area contributed by atoms with Gasteiger partial charge in [-0.3, -0.25) is 4.79 Å². The molecule has 0 aliphatic rings. The van der Waals surface area contributed by atoms with Gasteiger partial charge in [0.1, 0.15) is 6.54 Å². The third kappa shape index (κ3) is 3.27. The highest BCUT2D eigenvalue weighted by molar-refractivity contribution is 5.76. The molecule has 0 aliphatic heterocycles. The van der Waals surface area contributed by atoms with Gasteiger partial charge in [-0.1, -0.05) is 18.2 Å². The van der Waals surface area contributed by atoms with E-state index in [1.165, 1.54) is 0 Å². The van der Waals surface area contributed by atoms with Crippen LogP contribution in [0.2, 0.25) is 0 Å². The number of rotatable bonds is 4. The minimum absolute atomic E-state index is 0.191. The van der Waals surface area contributed by atoms with E-state index in [-0.39, 0.29) is 5.97 Å². The molecule has 3 heteroatoms. The maximum absolute atomic E-state index is 11.3. The van der Waals surface area contributed by atoms with Crippen LogP contribution in [0.1, 0.15) is 12.5 Å². The van der Waals surface area contributed by atoms with Crippen molar-refractivity contribution in [2.45, 2.75) is 13.8 Å². The van der Waals surface area contributed by atoms with E-state index in [1.807, 2.05) is 50.1 Å². The second kappa shape index (κ2) is 5.39. The van der Waals surface area contributed by atoms with Gasteiger partial charge >= 0.3 is 5.97 Å². The molecule has 3 nitrogen and oxygen atoms in total. The Morgan fingerprint density at radius 1 is 1.40 bits per heavy atom. The van der Waals surface area contributed by atoms with Crippen molar-refractivity contribution in [1.82, 2.24) is 0 Å². The minimum atomic E-state index is -0.191. The lowest BCUT2D eigenvalue weighted by Gasteiger charge is -2.19. The predicted octanol–water partition coefficient (Wildman–Crippen LogP) is 1.99. The lowest BCUT2D eigenvalue weighted by molar-refractivity contribution is -0.141. The highest BCUT2D eigenvalue weighted by Gasteiger charge is 2.09. The van der Waals surface area contributed by atoms with Gasteiger partial charge in [-0.25, -0.2) is 0 Å². The predicted molar refractivity (Wildman–Crippen MR) is 61.1 cm³/mol. The maximum Gasteiger partial charge on any atom is 0.325 e. The van der Waals surface area contributed by atoms with Crippen molar-refractivity contribution in [3.63, 3.8) is 0 Å². The number of likely N-dealkylation sites (N-methyl/N-ethyl adjacent to an activating group) is 1. The summed E-state index contributed by atoms with van der Waals surface area (Å²) in [6, 6.07) is 7.96. The van der Waals surface area contributed by atoms with Crippen LogP contribution in [0.25, 0.3) is 0 Å². The molecule has 0 heterocycles. The number of aryl methyl sites for hydroxylation is 1. The molecule has 1 aromatic rings. The summed E-state index contributed by atoms with van der Waals surface area (Å²) < 4.78 is 4.89. The third-order valence-electron chi connectivity index (χ3n) is 2.20. The fourth-order valence-electron chi connectivity index (χ4n) is 1.48. The van der Waals surface area contributed by atoms with Crippen LogP contribution in [0, 0.1) is 6.92 Å². The molecule has 0 atom stereocenters. The first-order valence-corrected chi connectivity index (χ1v) is 5.07. The fraction of sp³-hybridized carbons (Fsp3) is 0.417. The number of para-hydroxylation sites is 1. The molecule has 82 valence electrons. The zero-order valence-corrected chi connectivity index (χ0v) is 9.49. The van der Waals surface area contributed by atoms with E-state index in [0.717, 1.165) is 11.3 Å². The molecule has 0 saturated heterocycles. The van der Waals surface area contributed by atoms with Crippen molar-refractivity contribution in [3.8, 4) is 0 Å². The van der Waals surface area contributed by atoms with Crippen molar-refractivity contribution in [2.75, 3.05) is 25.1 Å². The zero-order valence-electron chi connectivity index (χ0n) is 9.49. The van der Waals surface area contributed by atoms with E-state index in [0.29, 0.717) is 13.2 Å². The lowest BCUT2D eigenvalue weighted by atomic mass is 10.2. The first-order chi connectivity index (χ1) is 7.15. The summed E-state index contributed by atoms with van der Waals surface area (Å²) in [6.07, 6.45) is 0. The first kappa shape index (κ1) is 11.6. The average Bonchev–Trinajstić information content (AvgIpc) is 2.18. The Morgan fingerprint density at radius 3 is 2.67 bits per heavy atom. The monoisotopic (exact) mass is 207 g/mol. The molecule has 0 aromatic heterocycles. The summed E-state index contributed by atoms with van der Waals surface area (Å²) in [5.74, 6) is -0.191. The van der Waals surface area contributed by atoms with Crippen LogP contribution in [0.5, 0.6) is 0 Å². The summed E-state index contributed by atoms with van der Waals surface area (Å²) >= 11 is 0. The molecule has 15 heavy (non-hydrogen) atoms. The van der Waals surface area contributed by atoms with Crippen LogP contribution in [0.3, 0.4) is 0 Å². The molecule has 0 bridgehead atoms. The molecule has 1 aromatic carbocycles. The normalized spacial score (nSPS) is 9.80. The molecule has 0 aliphatic carbocycles. The number of hydrogen-bond acceptors (Lipinski definition) is 3. The van der Waals surface area contributed by atoms with Crippen molar-refractivity contribution in [2.24, 2.45) is 0 Å². The smallest absolute Gasteiger partial charge is 0.325 e. The van der Waals surface area contributed by atoms with Gasteiger partial charge in [0.05, 0.1) is 6.61 Å². The number of anilines is 1. The molecule has 0 fully saturated rings. The lowest BCUT2D eigenvalue weighted by Crippen LogP contribution is -2.27. The van der Waals surface area contributed by atoms with Crippen LogP contribution >= 0.6 is 0 Å². The molecule has 0 radical (unpaired) electrons. The molecule has 0 amide bonds. The molecule has 0 spiro atoms. The van der Waals surface area contributed by atoms with Crippen LogP contribution in [-0.2, 0) is 9.53 Å². The van der Waals surface area contributed by atoms with E-state index >= 15 is 0 Å². The van der Waals surface area contributed by atoms with Gasteiger partial charge in [0.15, 0.2) is 0 Å². The second-order valence-electron chi connectivity index (χ2n) is 3.45. The first-order valence-electron chi connectivity index (χ1n) is 5.07. The number of carbonyl (C=O) groups excluding carboxylic acids is 1. The van der Waals surface area contributed by atoms with Gasteiger partial charge in [-0.2, -0.15) is 0 Å². The minimum Gasteiger partial charge on any atom is -0.465 e. The fourth-order valence-corrected chi connectivity index (χ4v) is 1.48. The van der Waals surface area contributed by atoms with E-state index in [2.05, 4.69) is 0 Å². The SMILES string of the molecule is CCOC(=O)CN(C)c1ccccc1C. The van der Waals surface area contributed by atoms with Gasteiger partial charge in [0, 0.05) is 12.7 Å². The molecule has 0 saturated carbocycles. The standard InChI is InChI=1S/C12H17NO2/c1-4-15-12(14)9-13(3)11-8-6-5-7-10(11)2/h5-8H,4,9H2,1-3H3. The second-order valence-corrected chi connectivity index (χ2v) is 3.45. The van der Waals surface area contributed by atoms with Gasteiger partial charge < -0.3 is 9.64 Å². The Labute approximate surface area is 90.7 Å². The number of esters is 1. The van der Waals surface area contributed by atoms with Gasteiger partial charge in [0.2, 0.25) is 0 Å². The maximum atomic E-state index is 11.3. The number of nitrogens with zero attached hydrogens (tertiary/aromatic N) is 1. The topological polar surface area (TPSA) is 29.5 Å². The number of ether oxygens (including phenoxy) is 1. The molecule has 0 N–H and O–H groups in total. The zero-order chi connectivity index (χ0) is 11.3. The van der Waals surface area contributed by atoms with E-state index < -0.39 is 0 Å². The van der Waals surface area contributed by atoms with Crippen molar-refractivity contribution in [1.29, 1.82) is 0 Å². The Balaban J connectivity index is 2.65. The van der Waals surface area contributed by atoms with Crippen molar-refractivity contribution >= 4 is 11.7 Å². The number of hydrogen-bond donors (Lipinski definition) is 0. The summed E-state index contributed by atoms with van der Waals surface area (Å²) in [4.78, 5) is 13.2. The largest absolute Gasteiger partial charge is 0.465 e. The molecular weight excluding hydrogens is 190 g/mol. The average molecular weight is 207 g/mol. The van der Waals surface area contributed by atoms with E-state index in [4.69, 9.17) is 4.74 Å². The van der Waals surface area contributed by atoms with Gasteiger partial charge in [-0.05, 0) is 25.5 Å². The Hall–Kier alpha value is -1.51. The summed E-state index contributed by atoms with van der Waals surface area (Å²) in [7, 11) is 1.89. The van der Waals surface area contributed by atoms with Crippen molar-refractivity contribution < 1.29 is 9.53 Å². The van der Waals surface area contributed by atoms with Crippen molar-refractivity contribution in [3.05, 3.63) is 29.8 Å².